The van der Waals surface area contributed by atoms with Gasteiger partial charge in [-0.3, -0.25) is 0 Å². The molecule has 2 aliphatic carbocycles. The van der Waals surface area contributed by atoms with Crippen molar-refractivity contribution in [2.75, 3.05) is 0 Å². The maximum atomic E-state index is 6.18. The van der Waals surface area contributed by atoms with Crippen LogP contribution in [-0.2, 0) is 0 Å². The van der Waals surface area contributed by atoms with E-state index in [1.54, 1.807) is 11.3 Å². The summed E-state index contributed by atoms with van der Waals surface area (Å²) in [4.78, 5) is 0.941. The molecule has 0 amide bonds. The van der Waals surface area contributed by atoms with Crippen molar-refractivity contribution in [2.45, 2.75) is 62.8 Å². The molecule has 2 heterocycles. The van der Waals surface area contributed by atoms with Gasteiger partial charge in [0.1, 0.15) is 5.01 Å². The SMILES string of the molecule is NC1CCCC1c1nn2c(C3CCCC3)nnc2s1. The molecule has 0 radical (unpaired) electrons. The van der Waals surface area contributed by atoms with E-state index in [0.717, 1.165) is 22.2 Å². The second-order valence-electron chi connectivity index (χ2n) is 5.88. The van der Waals surface area contributed by atoms with Gasteiger partial charge in [-0.25, -0.2) is 0 Å². The van der Waals surface area contributed by atoms with Crippen LogP contribution in [0.5, 0.6) is 0 Å². The van der Waals surface area contributed by atoms with Crippen LogP contribution in [-0.4, -0.2) is 25.9 Å². The Morgan fingerprint density at radius 2 is 1.89 bits per heavy atom. The molecule has 0 aliphatic heterocycles. The zero-order valence-electron chi connectivity index (χ0n) is 11.0. The van der Waals surface area contributed by atoms with Crippen LogP contribution in [0.25, 0.3) is 4.96 Å². The van der Waals surface area contributed by atoms with Gasteiger partial charge in [-0.15, -0.1) is 10.2 Å². The minimum Gasteiger partial charge on any atom is -0.327 e. The second-order valence-corrected chi connectivity index (χ2v) is 6.86. The summed E-state index contributed by atoms with van der Waals surface area (Å²) in [7, 11) is 0. The molecule has 6 heteroatoms. The summed E-state index contributed by atoms with van der Waals surface area (Å²) in [5, 5.41) is 14.6. The molecule has 4 rings (SSSR count). The van der Waals surface area contributed by atoms with Gasteiger partial charge in [0.2, 0.25) is 4.96 Å². The van der Waals surface area contributed by atoms with Crippen molar-refractivity contribution in [3.8, 4) is 0 Å². The average molecular weight is 277 g/mol. The van der Waals surface area contributed by atoms with E-state index in [0.29, 0.717) is 11.8 Å². The average Bonchev–Trinajstić information content (AvgIpc) is 3.10. The van der Waals surface area contributed by atoms with Gasteiger partial charge in [-0.1, -0.05) is 30.6 Å². The quantitative estimate of drug-likeness (QED) is 0.915. The van der Waals surface area contributed by atoms with Gasteiger partial charge >= 0.3 is 0 Å². The van der Waals surface area contributed by atoms with Gasteiger partial charge in [0.15, 0.2) is 5.82 Å². The zero-order valence-corrected chi connectivity index (χ0v) is 11.8. The molecule has 2 unspecified atom stereocenters. The predicted octanol–water partition coefficient (Wildman–Crippen LogP) is 2.44. The van der Waals surface area contributed by atoms with E-state index in [1.165, 1.54) is 38.5 Å². The van der Waals surface area contributed by atoms with E-state index in [2.05, 4.69) is 10.2 Å². The number of rotatable bonds is 2. The number of fused-ring (bicyclic) bond motifs is 1. The van der Waals surface area contributed by atoms with Crippen LogP contribution in [0.4, 0.5) is 0 Å². The van der Waals surface area contributed by atoms with Crippen LogP contribution in [0.3, 0.4) is 0 Å². The van der Waals surface area contributed by atoms with E-state index in [1.807, 2.05) is 4.52 Å². The molecule has 102 valence electrons. The molecule has 5 nitrogen and oxygen atoms in total. The Morgan fingerprint density at radius 3 is 2.63 bits per heavy atom. The van der Waals surface area contributed by atoms with Crippen LogP contribution in [0.15, 0.2) is 0 Å². The predicted molar refractivity (Wildman–Crippen MR) is 74.4 cm³/mol. The molecule has 0 aromatic carbocycles. The second kappa shape index (κ2) is 4.52. The fourth-order valence-electron chi connectivity index (χ4n) is 3.53. The molecule has 0 saturated heterocycles. The van der Waals surface area contributed by atoms with Gasteiger partial charge in [-0.05, 0) is 25.7 Å². The van der Waals surface area contributed by atoms with Crippen LogP contribution >= 0.6 is 11.3 Å². The van der Waals surface area contributed by atoms with Crippen LogP contribution in [0, 0.1) is 0 Å². The largest absolute Gasteiger partial charge is 0.327 e. The number of nitrogens with zero attached hydrogens (tertiary/aromatic N) is 4. The highest BCUT2D eigenvalue weighted by molar-refractivity contribution is 7.16. The van der Waals surface area contributed by atoms with E-state index < -0.39 is 0 Å². The van der Waals surface area contributed by atoms with Crippen molar-refractivity contribution < 1.29 is 0 Å². The summed E-state index contributed by atoms with van der Waals surface area (Å²) in [5.74, 6) is 2.06. The Morgan fingerprint density at radius 1 is 1.05 bits per heavy atom. The third kappa shape index (κ3) is 1.89. The summed E-state index contributed by atoms with van der Waals surface area (Å²) in [6.07, 6.45) is 8.60. The van der Waals surface area contributed by atoms with Crippen molar-refractivity contribution in [2.24, 2.45) is 5.73 Å². The van der Waals surface area contributed by atoms with Gasteiger partial charge < -0.3 is 5.73 Å². The molecule has 0 bridgehead atoms. The lowest BCUT2D eigenvalue weighted by Gasteiger charge is -2.10. The normalized spacial score (nSPS) is 28.7. The molecule has 2 fully saturated rings. The molecule has 19 heavy (non-hydrogen) atoms. The van der Waals surface area contributed by atoms with E-state index in [4.69, 9.17) is 10.8 Å². The lowest BCUT2D eigenvalue weighted by Crippen LogP contribution is -2.22. The van der Waals surface area contributed by atoms with E-state index >= 15 is 0 Å². The molecule has 2 N–H and O–H groups in total. The molecule has 2 aromatic heterocycles. The summed E-state index contributed by atoms with van der Waals surface area (Å²) >= 11 is 1.68. The van der Waals surface area contributed by atoms with Gasteiger partial charge in [0.25, 0.3) is 0 Å². The van der Waals surface area contributed by atoms with Crippen molar-refractivity contribution in [1.82, 2.24) is 19.8 Å². The lowest BCUT2D eigenvalue weighted by atomic mass is 10.1. The first-order valence-electron chi connectivity index (χ1n) is 7.30. The van der Waals surface area contributed by atoms with E-state index in [9.17, 15) is 0 Å². The van der Waals surface area contributed by atoms with Crippen LogP contribution in [0.2, 0.25) is 0 Å². The minimum absolute atomic E-state index is 0.277. The fourth-order valence-corrected chi connectivity index (χ4v) is 4.59. The summed E-state index contributed by atoms with van der Waals surface area (Å²) in [6, 6.07) is 0.277. The van der Waals surface area contributed by atoms with Gasteiger partial charge in [-0.2, -0.15) is 9.61 Å². The first kappa shape index (κ1) is 11.8. The lowest BCUT2D eigenvalue weighted by molar-refractivity contribution is 0.589. The molecule has 2 aliphatic rings. The van der Waals surface area contributed by atoms with Gasteiger partial charge in [0, 0.05) is 17.9 Å². The molecular weight excluding hydrogens is 258 g/mol. The monoisotopic (exact) mass is 277 g/mol. The third-order valence-corrected chi connectivity index (χ3v) is 5.67. The zero-order chi connectivity index (χ0) is 12.8. The van der Waals surface area contributed by atoms with Crippen molar-refractivity contribution in [1.29, 1.82) is 0 Å². The minimum atomic E-state index is 0.277. The first-order chi connectivity index (χ1) is 9.33. The Bertz CT molecular complexity index is 583. The maximum Gasteiger partial charge on any atom is 0.234 e. The molecule has 2 aromatic rings. The number of hydrogen-bond donors (Lipinski definition) is 1. The summed E-state index contributed by atoms with van der Waals surface area (Å²) in [5.41, 5.74) is 6.18. The smallest absolute Gasteiger partial charge is 0.234 e. The first-order valence-corrected chi connectivity index (χ1v) is 8.12. The number of nitrogens with two attached hydrogens (primary N) is 1. The summed E-state index contributed by atoms with van der Waals surface area (Å²) in [6.45, 7) is 0. The highest BCUT2D eigenvalue weighted by Gasteiger charge is 2.30. The molecule has 2 saturated carbocycles. The summed E-state index contributed by atoms with van der Waals surface area (Å²) < 4.78 is 1.99. The van der Waals surface area contributed by atoms with Gasteiger partial charge in [0.05, 0.1) is 0 Å². The third-order valence-electron chi connectivity index (χ3n) is 4.64. The van der Waals surface area contributed by atoms with Crippen LogP contribution in [0.1, 0.15) is 67.6 Å². The van der Waals surface area contributed by atoms with Crippen molar-refractivity contribution >= 4 is 16.3 Å². The van der Waals surface area contributed by atoms with Crippen molar-refractivity contribution in [3.05, 3.63) is 10.8 Å². The van der Waals surface area contributed by atoms with E-state index in [-0.39, 0.29) is 6.04 Å². The Hall–Kier alpha value is -1.01. The highest BCUT2D eigenvalue weighted by Crippen LogP contribution is 2.37. The number of hydrogen-bond acceptors (Lipinski definition) is 5. The molecular formula is C13H19N5S. The Kier molecular flexibility index (Phi) is 2.81. The number of aromatic nitrogens is 4. The Balaban J connectivity index is 1.71. The topological polar surface area (TPSA) is 69.1 Å². The standard InChI is InChI=1S/C13H19N5S/c14-10-7-3-6-9(10)12-17-18-11(8-4-1-2-5-8)15-16-13(18)19-12/h8-10H,1-7,14H2. The Labute approximate surface area is 116 Å². The van der Waals surface area contributed by atoms with Crippen molar-refractivity contribution in [3.63, 3.8) is 0 Å². The fraction of sp³-hybridized carbons (Fsp3) is 0.769. The van der Waals surface area contributed by atoms with Crippen LogP contribution < -0.4 is 5.73 Å². The maximum absolute atomic E-state index is 6.18. The molecule has 2 atom stereocenters. The molecule has 0 spiro atoms. The highest BCUT2D eigenvalue weighted by atomic mass is 32.1.